The molecule has 5 nitrogen and oxygen atoms in total. The van der Waals surface area contributed by atoms with E-state index in [9.17, 15) is 10.2 Å². The van der Waals surface area contributed by atoms with Gasteiger partial charge in [0.1, 0.15) is 11.5 Å². The molecule has 0 aromatic heterocycles. The van der Waals surface area contributed by atoms with Gasteiger partial charge in [-0.1, -0.05) is 102 Å². The first-order chi connectivity index (χ1) is 21.8. The third kappa shape index (κ3) is 7.37. The van der Waals surface area contributed by atoms with E-state index in [1.165, 1.54) is 0 Å². The fourth-order valence-electron chi connectivity index (χ4n) is 5.60. The first kappa shape index (κ1) is 32.2. The Balaban J connectivity index is 1.41. The van der Waals surface area contributed by atoms with Crippen LogP contribution in [-0.2, 0) is 10.8 Å². The lowest BCUT2D eigenvalue weighted by Gasteiger charge is -2.21. The van der Waals surface area contributed by atoms with Gasteiger partial charge in [0.05, 0.1) is 11.4 Å². The molecule has 0 radical (unpaired) electrons. The Morgan fingerprint density at radius 3 is 1.22 bits per heavy atom. The lowest BCUT2D eigenvalue weighted by Crippen LogP contribution is -2.11. The van der Waals surface area contributed by atoms with Gasteiger partial charge < -0.3 is 15.9 Å². The summed E-state index contributed by atoms with van der Waals surface area (Å²) in [5.74, 6) is 0.500. The van der Waals surface area contributed by atoms with Crippen molar-refractivity contribution in [2.75, 3.05) is 5.73 Å². The number of rotatable bonds is 7. The van der Waals surface area contributed by atoms with Crippen molar-refractivity contribution < 1.29 is 10.2 Å². The van der Waals surface area contributed by atoms with Crippen LogP contribution in [0.5, 0.6) is 11.5 Å². The van der Waals surface area contributed by atoms with Crippen LogP contribution in [0.3, 0.4) is 0 Å². The first-order valence-electron chi connectivity index (χ1n) is 15.6. The summed E-state index contributed by atoms with van der Waals surface area (Å²) in [6, 6.07) is 35.9. The van der Waals surface area contributed by atoms with Crippen molar-refractivity contribution in [3.05, 3.63) is 148 Å². The van der Waals surface area contributed by atoms with E-state index < -0.39 is 0 Å². The maximum atomic E-state index is 10.8. The molecule has 0 heterocycles. The molecular weight excluding hydrogens is 566 g/mol. The molecule has 0 amide bonds. The average Bonchev–Trinajstić information content (AvgIpc) is 3.01. The zero-order chi connectivity index (χ0) is 33.1. The quantitative estimate of drug-likeness (QED) is 0.0974. The van der Waals surface area contributed by atoms with Gasteiger partial charge in [-0.3, -0.25) is 9.98 Å². The summed E-state index contributed by atoms with van der Waals surface area (Å²) in [4.78, 5) is 9.33. The van der Waals surface area contributed by atoms with Crippen molar-refractivity contribution in [2.45, 2.75) is 58.3 Å². The van der Waals surface area contributed by atoms with E-state index >= 15 is 0 Å². The maximum Gasteiger partial charge on any atom is 0.128 e. The Morgan fingerprint density at radius 2 is 0.870 bits per heavy atom. The summed E-state index contributed by atoms with van der Waals surface area (Å²) in [5.41, 5.74) is 14.5. The number of phenolic OH excluding ortho intramolecular Hbond substituents is 2. The largest absolute Gasteiger partial charge is 0.507 e. The molecule has 0 saturated carbocycles. The van der Waals surface area contributed by atoms with E-state index in [1.54, 1.807) is 12.4 Å². The SMILES string of the molecule is CC(C)(C)c1cccc(C=Nc2ccc(C(c3ccc(N)cc3)c3ccc(N=Cc4cccc(C(C)(C)C)c4O)cc3)cc2)c1O. The maximum absolute atomic E-state index is 10.8. The van der Waals surface area contributed by atoms with Crippen molar-refractivity contribution in [2.24, 2.45) is 9.98 Å². The highest BCUT2D eigenvalue weighted by atomic mass is 16.3. The Morgan fingerprint density at radius 1 is 0.522 bits per heavy atom. The van der Waals surface area contributed by atoms with Crippen LogP contribution in [0.4, 0.5) is 17.1 Å². The summed E-state index contributed by atoms with van der Waals surface area (Å²) in [6.45, 7) is 12.5. The van der Waals surface area contributed by atoms with Crippen LogP contribution < -0.4 is 5.73 Å². The van der Waals surface area contributed by atoms with Crippen molar-refractivity contribution in [3.63, 3.8) is 0 Å². The Hall–Kier alpha value is -5.16. The van der Waals surface area contributed by atoms with Crippen molar-refractivity contribution >= 4 is 29.5 Å². The van der Waals surface area contributed by atoms with Crippen LogP contribution >= 0.6 is 0 Å². The Kier molecular flexibility index (Phi) is 9.15. The van der Waals surface area contributed by atoms with Gasteiger partial charge >= 0.3 is 0 Å². The monoisotopic (exact) mass is 609 g/mol. The van der Waals surface area contributed by atoms with Gasteiger partial charge in [-0.15, -0.1) is 0 Å². The molecule has 0 unspecified atom stereocenters. The number of nitrogens with zero attached hydrogens (tertiary/aromatic N) is 2. The summed E-state index contributed by atoms with van der Waals surface area (Å²) in [6.07, 6.45) is 3.44. The van der Waals surface area contributed by atoms with Gasteiger partial charge in [0, 0.05) is 35.2 Å². The number of hydrogen-bond acceptors (Lipinski definition) is 5. The Labute approximate surface area is 272 Å². The fraction of sp³-hybridized carbons (Fsp3) is 0.220. The van der Waals surface area contributed by atoms with Crippen LogP contribution in [0.1, 0.15) is 86.4 Å². The van der Waals surface area contributed by atoms with Crippen molar-refractivity contribution in [3.8, 4) is 11.5 Å². The highest BCUT2D eigenvalue weighted by molar-refractivity contribution is 5.87. The summed E-state index contributed by atoms with van der Waals surface area (Å²) < 4.78 is 0. The lowest BCUT2D eigenvalue weighted by molar-refractivity contribution is 0.445. The molecular formula is C41H43N3O2. The van der Waals surface area contributed by atoms with Crippen LogP contribution in [0.25, 0.3) is 0 Å². The number of aromatic hydroxyl groups is 2. The predicted molar refractivity (Wildman–Crippen MR) is 193 cm³/mol. The number of nitrogens with two attached hydrogens (primary N) is 1. The third-order valence-electron chi connectivity index (χ3n) is 8.18. The molecule has 5 heteroatoms. The first-order valence-corrected chi connectivity index (χ1v) is 15.6. The van der Waals surface area contributed by atoms with Crippen LogP contribution in [0, 0.1) is 0 Å². The van der Waals surface area contributed by atoms with Gasteiger partial charge in [-0.25, -0.2) is 0 Å². The highest BCUT2D eigenvalue weighted by Crippen LogP contribution is 2.36. The van der Waals surface area contributed by atoms with Crippen LogP contribution in [-0.4, -0.2) is 22.6 Å². The van der Waals surface area contributed by atoms with Crippen LogP contribution in [0.2, 0.25) is 0 Å². The van der Waals surface area contributed by atoms with E-state index in [2.05, 4.69) is 87.9 Å². The number of nitrogen functional groups attached to an aromatic ring is 1. The standard InChI is InChI=1S/C41H43N3O2/c1-40(2,3)35-11-7-9-30(38(35)45)25-43-33-21-15-28(16-22-33)37(27-13-19-32(42)20-14-27)29-17-23-34(24-18-29)44-26-31-10-8-12-36(39(31)46)41(4,5)6/h7-26,37,45-46H,42H2,1-6H3. The molecule has 0 aliphatic heterocycles. The molecule has 0 fully saturated rings. The summed E-state index contributed by atoms with van der Waals surface area (Å²) in [5, 5.41) is 21.7. The van der Waals surface area contributed by atoms with Gasteiger partial charge in [0.15, 0.2) is 0 Å². The van der Waals surface area contributed by atoms with Gasteiger partial charge in [0.2, 0.25) is 0 Å². The van der Waals surface area contributed by atoms with E-state index in [-0.39, 0.29) is 28.2 Å². The molecule has 0 aliphatic carbocycles. The number of anilines is 1. The topological polar surface area (TPSA) is 91.2 Å². The van der Waals surface area contributed by atoms with Gasteiger partial charge in [0.25, 0.3) is 0 Å². The molecule has 46 heavy (non-hydrogen) atoms. The van der Waals surface area contributed by atoms with Gasteiger partial charge in [-0.2, -0.15) is 0 Å². The molecule has 234 valence electrons. The smallest absolute Gasteiger partial charge is 0.128 e. The van der Waals surface area contributed by atoms with Crippen molar-refractivity contribution in [1.29, 1.82) is 0 Å². The number of para-hydroxylation sites is 2. The van der Waals surface area contributed by atoms with Gasteiger partial charge in [-0.05, 0) is 87.2 Å². The van der Waals surface area contributed by atoms with E-state index in [4.69, 9.17) is 5.73 Å². The number of phenols is 2. The molecule has 5 aromatic carbocycles. The van der Waals surface area contributed by atoms with E-state index in [0.717, 1.165) is 44.9 Å². The third-order valence-corrected chi connectivity index (χ3v) is 8.18. The minimum atomic E-state index is -0.168. The van der Waals surface area contributed by atoms with Crippen LogP contribution in [0.15, 0.2) is 119 Å². The second-order valence-electron chi connectivity index (χ2n) is 13.8. The van der Waals surface area contributed by atoms with E-state index in [0.29, 0.717) is 11.1 Å². The second-order valence-corrected chi connectivity index (χ2v) is 13.8. The molecule has 5 rings (SSSR count). The Bertz CT molecular complexity index is 1740. The molecule has 0 spiro atoms. The normalized spacial score (nSPS) is 13.0. The second kappa shape index (κ2) is 13.1. The molecule has 4 N–H and O–H groups in total. The molecule has 0 atom stereocenters. The highest BCUT2D eigenvalue weighted by Gasteiger charge is 2.21. The average molecular weight is 610 g/mol. The number of hydrogen-bond donors (Lipinski definition) is 3. The lowest BCUT2D eigenvalue weighted by atomic mass is 9.85. The number of benzene rings is 5. The fourth-order valence-corrected chi connectivity index (χ4v) is 5.60. The molecule has 5 aromatic rings. The zero-order valence-electron chi connectivity index (χ0n) is 27.5. The minimum Gasteiger partial charge on any atom is -0.507 e. The minimum absolute atomic E-state index is 0.0308. The van der Waals surface area contributed by atoms with Crippen molar-refractivity contribution in [1.82, 2.24) is 0 Å². The molecule has 0 saturated heterocycles. The predicted octanol–water partition coefficient (Wildman–Crippen LogP) is 9.96. The summed E-state index contributed by atoms with van der Waals surface area (Å²) in [7, 11) is 0. The van der Waals surface area contributed by atoms with E-state index in [1.807, 2.05) is 72.8 Å². The zero-order valence-corrected chi connectivity index (χ0v) is 27.5. The number of aliphatic imine (C=N–C) groups is 2. The molecule has 0 bridgehead atoms. The summed E-state index contributed by atoms with van der Waals surface area (Å²) >= 11 is 0. The molecule has 0 aliphatic rings.